The van der Waals surface area contributed by atoms with Crippen molar-refractivity contribution in [1.29, 1.82) is 0 Å². The lowest BCUT2D eigenvalue weighted by Gasteiger charge is -2.05. The zero-order valence-corrected chi connectivity index (χ0v) is 14.7. The van der Waals surface area contributed by atoms with Crippen LogP contribution in [0, 0.1) is 0 Å². The van der Waals surface area contributed by atoms with Crippen molar-refractivity contribution in [3.8, 4) is 0 Å². The van der Waals surface area contributed by atoms with Gasteiger partial charge in [-0.05, 0) is 36.4 Å². The quantitative estimate of drug-likeness (QED) is 0.473. The molecule has 0 aliphatic heterocycles. The van der Waals surface area contributed by atoms with Crippen molar-refractivity contribution >= 4 is 51.3 Å². The molecule has 0 aliphatic carbocycles. The van der Waals surface area contributed by atoms with Crippen LogP contribution in [-0.2, 0) is 9.59 Å². The van der Waals surface area contributed by atoms with Crippen molar-refractivity contribution < 1.29 is 14.7 Å². The summed E-state index contributed by atoms with van der Waals surface area (Å²) in [5.41, 5.74) is 0. The van der Waals surface area contributed by atoms with E-state index in [9.17, 15) is 9.59 Å². The molecule has 2 N–H and O–H groups in total. The van der Waals surface area contributed by atoms with Gasteiger partial charge in [-0.1, -0.05) is 15.9 Å². The van der Waals surface area contributed by atoms with Gasteiger partial charge in [0.15, 0.2) is 0 Å². The molecule has 0 heterocycles. The fourth-order valence-corrected chi connectivity index (χ4v) is 3.15. The van der Waals surface area contributed by atoms with Crippen LogP contribution in [0.15, 0.2) is 33.6 Å². The zero-order chi connectivity index (χ0) is 15.5. The summed E-state index contributed by atoms with van der Waals surface area (Å²) >= 11 is 6.44. The third kappa shape index (κ3) is 9.82. The standard InChI is InChI=1S/C14H18BrNO3S2/c15-11-3-5-12(6-4-11)21-8-1-2-13(17)16-7-9-20-10-14(18)19/h3-6H,1-2,7-10H2,(H,16,17)(H,18,19). The van der Waals surface area contributed by atoms with E-state index >= 15 is 0 Å². The molecule has 4 nitrogen and oxygen atoms in total. The zero-order valence-electron chi connectivity index (χ0n) is 11.5. The number of benzene rings is 1. The first-order valence-electron chi connectivity index (χ1n) is 6.52. The molecule has 0 spiro atoms. The first kappa shape index (κ1) is 18.4. The van der Waals surface area contributed by atoms with E-state index in [1.54, 1.807) is 11.8 Å². The average molecular weight is 392 g/mol. The molecule has 0 aromatic heterocycles. The second kappa shape index (κ2) is 11.0. The molecule has 1 rings (SSSR count). The maximum atomic E-state index is 11.5. The molecule has 7 heteroatoms. The molecular weight excluding hydrogens is 374 g/mol. The Bertz CT molecular complexity index is 454. The lowest BCUT2D eigenvalue weighted by atomic mass is 10.3. The van der Waals surface area contributed by atoms with Crippen LogP contribution in [0.25, 0.3) is 0 Å². The van der Waals surface area contributed by atoms with Crippen LogP contribution in [-0.4, -0.2) is 40.8 Å². The highest BCUT2D eigenvalue weighted by molar-refractivity contribution is 9.10. The molecule has 0 unspecified atom stereocenters. The summed E-state index contributed by atoms with van der Waals surface area (Å²) in [5.74, 6) is 0.826. The Labute approximate surface area is 141 Å². The van der Waals surface area contributed by atoms with Crippen LogP contribution in [0.5, 0.6) is 0 Å². The minimum Gasteiger partial charge on any atom is -0.481 e. The van der Waals surface area contributed by atoms with E-state index in [4.69, 9.17) is 5.11 Å². The van der Waals surface area contributed by atoms with Gasteiger partial charge >= 0.3 is 5.97 Å². The molecule has 21 heavy (non-hydrogen) atoms. The number of rotatable bonds is 10. The maximum Gasteiger partial charge on any atom is 0.313 e. The van der Waals surface area contributed by atoms with Crippen LogP contribution >= 0.6 is 39.5 Å². The number of halogens is 1. The number of carbonyl (C=O) groups excluding carboxylic acids is 1. The fourth-order valence-electron chi connectivity index (χ4n) is 1.46. The summed E-state index contributed by atoms with van der Waals surface area (Å²) in [6.45, 7) is 0.524. The summed E-state index contributed by atoms with van der Waals surface area (Å²) < 4.78 is 1.06. The Balaban J connectivity index is 2.00. The Morgan fingerprint density at radius 1 is 1.19 bits per heavy atom. The third-order valence-electron chi connectivity index (χ3n) is 2.42. The highest BCUT2D eigenvalue weighted by atomic mass is 79.9. The normalized spacial score (nSPS) is 10.3. The predicted octanol–water partition coefficient (Wildman–Crippen LogP) is 3.26. The van der Waals surface area contributed by atoms with E-state index in [1.165, 1.54) is 16.7 Å². The molecule has 0 saturated carbocycles. The van der Waals surface area contributed by atoms with Gasteiger partial charge in [-0.25, -0.2) is 0 Å². The molecule has 1 aromatic carbocycles. The smallest absolute Gasteiger partial charge is 0.313 e. The van der Waals surface area contributed by atoms with Gasteiger partial charge in [0.25, 0.3) is 0 Å². The summed E-state index contributed by atoms with van der Waals surface area (Å²) in [6.07, 6.45) is 1.34. The number of carboxylic acid groups (broad SMARTS) is 1. The van der Waals surface area contributed by atoms with E-state index in [0.717, 1.165) is 16.6 Å². The van der Waals surface area contributed by atoms with Crippen LogP contribution in [0.1, 0.15) is 12.8 Å². The lowest BCUT2D eigenvalue weighted by molar-refractivity contribution is -0.133. The summed E-state index contributed by atoms with van der Waals surface area (Å²) in [5, 5.41) is 11.3. The molecular formula is C14H18BrNO3S2. The Kier molecular flexibility index (Phi) is 9.62. The molecule has 0 atom stereocenters. The van der Waals surface area contributed by atoms with Crippen molar-refractivity contribution in [3.05, 3.63) is 28.7 Å². The number of hydrogen-bond donors (Lipinski definition) is 2. The second-order valence-corrected chi connectivity index (χ2v) is 7.39. The average Bonchev–Trinajstić information content (AvgIpc) is 2.45. The van der Waals surface area contributed by atoms with Gasteiger partial charge in [0.1, 0.15) is 0 Å². The van der Waals surface area contributed by atoms with Gasteiger partial charge in [0.2, 0.25) is 5.91 Å². The molecule has 0 bridgehead atoms. The van der Waals surface area contributed by atoms with E-state index < -0.39 is 5.97 Å². The minimum absolute atomic E-state index is 0.0299. The molecule has 0 fully saturated rings. The molecule has 0 saturated heterocycles. The number of amides is 1. The van der Waals surface area contributed by atoms with Crippen molar-refractivity contribution in [2.45, 2.75) is 17.7 Å². The maximum absolute atomic E-state index is 11.5. The lowest BCUT2D eigenvalue weighted by Crippen LogP contribution is -2.25. The van der Waals surface area contributed by atoms with E-state index in [1.807, 2.05) is 12.1 Å². The van der Waals surface area contributed by atoms with E-state index in [2.05, 4.69) is 33.4 Å². The SMILES string of the molecule is O=C(O)CSCCNC(=O)CCCSc1ccc(Br)cc1. The molecule has 116 valence electrons. The molecule has 0 aliphatic rings. The summed E-state index contributed by atoms with van der Waals surface area (Å²) in [7, 11) is 0. The minimum atomic E-state index is -0.823. The summed E-state index contributed by atoms with van der Waals surface area (Å²) in [4.78, 5) is 23.0. The van der Waals surface area contributed by atoms with Crippen LogP contribution in [0.4, 0.5) is 0 Å². The van der Waals surface area contributed by atoms with Gasteiger partial charge in [-0.15, -0.1) is 23.5 Å². The highest BCUT2D eigenvalue weighted by Crippen LogP contribution is 2.21. The Morgan fingerprint density at radius 3 is 2.57 bits per heavy atom. The Morgan fingerprint density at radius 2 is 1.90 bits per heavy atom. The first-order chi connectivity index (χ1) is 10.1. The largest absolute Gasteiger partial charge is 0.481 e. The number of carbonyl (C=O) groups is 2. The van der Waals surface area contributed by atoms with Crippen molar-refractivity contribution in [3.63, 3.8) is 0 Å². The van der Waals surface area contributed by atoms with Crippen molar-refractivity contribution in [2.75, 3.05) is 23.8 Å². The van der Waals surface area contributed by atoms with Crippen LogP contribution in [0.3, 0.4) is 0 Å². The van der Waals surface area contributed by atoms with Crippen LogP contribution < -0.4 is 5.32 Å². The van der Waals surface area contributed by atoms with Gasteiger partial charge in [-0.3, -0.25) is 9.59 Å². The van der Waals surface area contributed by atoms with Gasteiger partial charge in [0.05, 0.1) is 5.75 Å². The van der Waals surface area contributed by atoms with Gasteiger partial charge in [0, 0.05) is 28.1 Å². The topological polar surface area (TPSA) is 66.4 Å². The molecule has 1 aromatic rings. The van der Waals surface area contributed by atoms with Crippen molar-refractivity contribution in [2.24, 2.45) is 0 Å². The number of nitrogens with one attached hydrogen (secondary N) is 1. The predicted molar refractivity (Wildman–Crippen MR) is 92.1 cm³/mol. The van der Waals surface area contributed by atoms with Gasteiger partial charge < -0.3 is 10.4 Å². The van der Waals surface area contributed by atoms with E-state index in [0.29, 0.717) is 18.7 Å². The monoisotopic (exact) mass is 391 g/mol. The number of thioether (sulfide) groups is 2. The molecule has 0 radical (unpaired) electrons. The van der Waals surface area contributed by atoms with Crippen molar-refractivity contribution in [1.82, 2.24) is 5.32 Å². The Hall–Kier alpha value is -0.660. The van der Waals surface area contributed by atoms with Crippen LogP contribution in [0.2, 0.25) is 0 Å². The summed E-state index contributed by atoms with van der Waals surface area (Å²) in [6, 6.07) is 8.11. The first-order valence-corrected chi connectivity index (χ1v) is 9.46. The second-order valence-electron chi connectivity index (χ2n) is 4.20. The van der Waals surface area contributed by atoms with E-state index in [-0.39, 0.29) is 11.7 Å². The fraction of sp³-hybridized carbons (Fsp3) is 0.429. The molecule has 1 amide bonds. The third-order valence-corrected chi connectivity index (χ3v) is 5.00. The number of hydrogen-bond acceptors (Lipinski definition) is 4. The highest BCUT2D eigenvalue weighted by Gasteiger charge is 2.02. The number of carboxylic acids is 1. The van der Waals surface area contributed by atoms with Gasteiger partial charge in [-0.2, -0.15) is 0 Å². The number of aliphatic carboxylic acids is 1.